The van der Waals surface area contributed by atoms with Crippen LogP contribution in [-0.4, -0.2) is 48.1 Å². The highest BCUT2D eigenvalue weighted by atomic mass is 16.5. The second-order valence-electron chi connectivity index (χ2n) is 4.29. The van der Waals surface area contributed by atoms with E-state index in [0.29, 0.717) is 12.5 Å². The summed E-state index contributed by atoms with van der Waals surface area (Å²) >= 11 is 0. The van der Waals surface area contributed by atoms with Crippen LogP contribution in [-0.2, 0) is 9.53 Å². The van der Waals surface area contributed by atoms with Crippen molar-refractivity contribution in [1.82, 2.24) is 5.32 Å². The van der Waals surface area contributed by atoms with Gasteiger partial charge in [0.2, 0.25) is 0 Å². The molecule has 1 atom stereocenters. The first-order chi connectivity index (χ1) is 7.02. The summed E-state index contributed by atoms with van der Waals surface area (Å²) in [5.41, 5.74) is -1.77. The summed E-state index contributed by atoms with van der Waals surface area (Å²) in [4.78, 5) is 10.6. The van der Waals surface area contributed by atoms with Crippen LogP contribution in [0.3, 0.4) is 0 Å². The van der Waals surface area contributed by atoms with Crippen molar-refractivity contribution in [3.8, 4) is 0 Å². The molecule has 0 radical (unpaired) electrons. The third kappa shape index (κ3) is 4.15. The molecule has 1 aliphatic heterocycles. The molecule has 1 saturated heterocycles. The van der Waals surface area contributed by atoms with Crippen molar-refractivity contribution in [2.45, 2.75) is 25.4 Å². The number of carboxylic acids is 1. The van der Waals surface area contributed by atoms with Gasteiger partial charge < -0.3 is 20.3 Å². The summed E-state index contributed by atoms with van der Waals surface area (Å²) in [6.45, 7) is 3.61. The smallest absolute Gasteiger partial charge is 0.337 e. The molecule has 1 heterocycles. The second kappa shape index (κ2) is 5.44. The van der Waals surface area contributed by atoms with Crippen LogP contribution in [0.4, 0.5) is 0 Å². The van der Waals surface area contributed by atoms with Crippen LogP contribution in [0.25, 0.3) is 0 Å². The van der Waals surface area contributed by atoms with E-state index in [-0.39, 0.29) is 6.61 Å². The maximum absolute atomic E-state index is 10.6. The number of aliphatic carboxylic acids is 1. The van der Waals surface area contributed by atoms with E-state index in [2.05, 4.69) is 5.32 Å². The van der Waals surface area contributed by atoms with Crippen molar-refractivity contribution in [2.24, 2.45) is 5.92 Å². The van der Waals surface area contributed by atoms with Gasteiger partial charge in [0.25, 0.3) is 0 Å². The van der Waals surface area contributed by atoms with Crippen LogP contribution in [0.2, 0.25) is 0 Å². The summed E-state index contributed by atoms with van der Waals surface area (Å²) in [5.74, 6) is -0.761. The molecule has 0 spiro atoms. The number of hydrogen-bond donors (Lipinski definition) is 3. The van der Waals surface area contributed by atoms with E-state index in [9.17, 15) is 9.90 Å². The van der Waals surface area contributed by atoms with Gasteiger partial charge in [-0.05, 0) is 38.8 Å². The first-order valence-corrected chi connectivity index (χ1v) is 5.26. The maximum atomic E-state index is 10.6. The largest absolute Gasteiger partial charge is 0.479 e. The Kier molecular flexibility index (Phi) is 4.50. The molecule has 0 aromatic carbocycles. The number of carboxylic acid groups (broad SMARTS) is 1. The summed E-state index contributed by atoms with van der Waals surface area (Å²) in [6.07, 6.45) is 2.10. The van der Waals surface area contributed by atoms with Gasteiger partial charge in [0.1, 0.15) is 0 Å². The van der Waals surface area contributed by atoms with Crippen LogP contribution in [0.5, 0.6) is 0 Å². The van der Waals surface area contributed by atoms with E-state index in [4.69, 9.17) is 9.84 Å². The predicted octanol–water partition coefficient (Wildman–Crippen LogP) is -0.162. The Bertz CT molecular complexity index is 211. The lowest BCUT2D eigenvalue weighted by atomic mass is 9.99. The van der Waals surface area contributed by atoms with Crippen molar-refractivity contribution in [1.29, 1.82) is 0 Å². The summed E-state index contributed by atoms with van der Waals surface area (Å²) in [7, 11) is 0. The molecule has 0 aromatic rings. The van der Waals surface area contributed by atoms with Gasteiger partial charge >= 0.3 is 5.97 Å². The van der Waals surface area contributed by atoms with Gasteiger partial charge in [0, 0.05) is 6.61 Å². The molecule has 88 valence electrons. The average molecular weight is 217 g/mol. The summed E-state index contributed by atoms with van der Waals surface area (Å²) in [6, 6.07) is 0. The molecule has 1 rings (SSSR count). The highest BCUT2D eigenvalue weighted by Crippen LogP contribution is 2.13. The number of hydrogen-bond acceptors (Lipinski definition) is 4. The normalized spacial score (nSPS) is 22.3. The Hall–Kier alpha value is -0.650. The van der Waals surface area contributed by atoms with Gasteiger partial charge in [0.05, 0.1) is 6.61 Å². The van der Waals surface area contributed by atoms with E-state index in [1.807, 2.05) is 0 Å². The van der Waals surface area contributed by atoms with Crippen molar-refractivity contribution in [3.63, 3.8) is 0 Å². The highest BCUT2D eigenvalue weighted by molar-refractivity contribution is 5.76. The Morgan fingerprint density at radius 2 is 2.13 bits per heavy atom. The lowest BCUT2D eigenvalue weighted by molar-refractivity contribution is -0.163. The fourth-order valence-corrected chi connectivity index (χ4v) is 1.53. The van der Waals surface area contributed by atoms with Crippen molar-refractivity contribution in [3.05, 3.63) is 0 Å². The van der Waals surface area contributed by atoms with Crippen molar-refractivity contribution < 1.29 is 19.7 Å². The van der Waals surface area contributed by atoms with E-state index in [0.717, 1.165) is 25.9 Å². The molecule has 1 aliphatic rings. The maximum Gasteiger partial charge on any atom is 0.337 e. The first-order valence-electron chi connectivity index (χ1n) is 5.26. The molecule has 15 heavy (non-hydrogen) atoms. The molecule has 0 amide bonds. The zero-order chi connectivity index (χ0) is 11.3. The predicted molar refractivity (Wildman–Crippen MR) is 54.7 cm³/mol. The van der Waals surface area contributed by atoms with Crippen molar-refractivity contribution in [2.75, 3.05) is 26.3 Å². The third-order valence-electron chi connectivity index (χ3n) is 2.66. The zero-order valence-corrected chi connectivity index (χ0v) is 9.03. The fraction of sp³-hybridized carbons (Fsp3) is 0.900. The highest BCUT2D eigenvalue weighted by Gasteiger charge is 2.30. The fourth-order valence-electron chi connectivity index (χ4n) is 1.53. The second-order valence-corrected chi connectivity index (χ2v) is 4.29. The Morgan fingerprint density at radius 1 is 1.53 bits per heavy atom. The first kappa shape index (κ1) is 12.4. The molecule has 0 bridgehead atoms. The topological polar surface area (TPSA) is 78.8 Å². The van der Waals surface area contributed by atoms with Crippen molar-refractivity contribution >= 4 is 5.97 Å². The van der Waals surface area contributed by atoms with E-state index < -0.39 is 11.6 Å². The number of rotatable bonds is 5. The molecule has 0 aromatic heterocycles. The van der Waals surface area contributed by atoms with Gasteiger partial charge in [-0.25, -0.2) is 4.79 Å². The van der Waals surface area contributed by atoms with Crippen LogP contribution in [0, 0.1) is 5.92 Å². The van der Waals surface area contributed by atoms with Gasteiger partial charge in [-0.15, -0.1) is 0 Å². The minimum absolute atomic E-state index is 0.147. The van der Waals surface area contributed by atoms with E-state index >= 15 is 0 Å². The molecule has 3 N–H and O–H groups in total. The minimum atomic E-state index is -1.77. The molecule has 5 nitrogen and oxygen atoms in total. The summed E-state index contributed by atoms with van der Waals surface area (Å²) in [5, 5.41) is 21.3. The van der Waals surface area contributed by atoms with Gasteiger partial charge in [-0.3, -0.25) is 0 Å². The quantitative estimate of drug-likeness (QED) is 0.596. The molecule has 0 saturated carbocycles. The Balaban J connectivity index is 2.17. The Morgan fingerprint density at radius 3 is 2.67 bits per heavy atom. The number of carbonyl (C=O) groups is 1. The molecule has 0 aliphatic carbocycles. The molecule has 1 unspecified atom stereocenters. The molecule has 1 fully saturated rings. The standard InChI is InChI=1S/C10H19NO4/c1-10(14,9(12)13)7-15-6-8-2-4-11-5-3-8/h8,11,14H,2-7H2,1H3,(H,12,13). The average Bonchev–Trinajstić information content (AvgIpc) is 2.19. The van der Waals surface area contributed by atoms with Gasteiger partial charge in [0.15, 0.2) is 5.60 Å². The van der Waals surface area contributed by atoms with Crippen LogP contribution >= 0.6 is 0 Å². The van der Waals surface area contributed by atoms with E-state index in [1.165, 1.54) is 6.92 Å². The Labute approximate surface area is 89.4 Å². The van der Waals surface area contributed by atoms with E-state index in [1.54, 1.807) is 0 Å². The van der Waals surface area contributed by atoms with Crippen LogP contribution in [0.1, 0.15) is 19.8 Å². The van der Waals surface area contributed by atoms with Crippen LogP contribution < -0.4 is 5.32 Å². The minimum Gasteiger partial charge on any atom is -0.479 e. The number of aliphatic hydroxyl groups is 1. The molecular weight excluding hydrogens is 198 g/mol. The number of ether oxygens (including phenoxy) is 1. The third-order valence-corrected chi connectivity index (χ3v) is 2.66. The SMILES string of the molecule is CC(O)(COCC1CCNCC1)C(=O)O. The number of nitrogens with one attached hydrogen (secondary N) is 1. The summed E-state index contributed by atoms with van der Waals surface area (Å²) < 4.78 is 5.24. The number of piperidine rings is 1. The van der Waals surface area contributed by atoms with Gasteiger partial charge in [-0.2, -0.15) is 0 Å². The van der Waals surface area contributed by atoms with Crippen LogP contribution in [0.15, 0.2) is 0 Å². The zero-order valence-electron chi connectivity index (χ0n) is 9.03. The molecule has 5 heteroatoms. The molecular formula is C10H19NO4. The lowest BCUT2D eigenvalue weighted by Gasteiger charge is -2.24. The monoisotopic (exact) mass is 217 g/mol. The lowest BCUT2D eigenvalue weighted by Crippen LogP contribution is -2.40. The van der Waals surface area contributed by atoms with Gasteiger partial charge in [-0.1, -0.05) is 0 Å².